The van der Waals surface area contributed by atoms with Crippen molar-refractivity contribution in [1.29, 1.82) is 0 Å². The third-order valence-electron chi connectivity index (χ3n) is 28.6. The Morgan fingerprint density at radius 3 is 1.26 bits per heavy atom. The van der Waals surface area contributed by atoms with Crippen molar-refractivity contribution in [1.82, 2.24) is 31.1 Å². The summed E-state index contributed by atoms with van der Waals surface area (Å²) in [7, 11) is 3.23. The van der Waals surface area contributed by atoms with E-state index < -0.39 is 22.7 Å². The van der Waals surface area contributed by atoms with Crippen molar-refractivity contribution in [2.24, 2.45) is 34.0 Å². The number of Topliss-reactive ketones (excluding diaryl/α,β-unsaturated/α-hetero) is 1. The molecule has 5 aliphatic carbocycles. The maximum absolute atomic E-state index is 14.0. The molecular weight excluding hydrogens is 1720 g/mol. The molecule has 4 saturated heterocycles. The van der Waals surface area contributed by atoms with Crippen LogP contribution < -0.4 is 21.3 Å². The van der Waals surface area contributed by atoms with E-state index in [1.54, 1.807) is 56.3 Å². The number of aliphatic hydroxyl groups excluding tert-OH is 1. The van der Waals surface area contributed by atoms with Gasteiger partial charge >= 0.3 is 7.69 Å². The molecule has 5 aromatic carbocycles. The molecule has 4 aliphatic heterocycles. The number of aliphatic hydroxyl groups is 2. The first-order valence-electron chi connectivity index (χ1n) is 47.3. The summed E-state index contributed by atoms with van der Waals surface area (Å²) in [6.45, 7) is 53.7. The lowest BCUT2D eigenvalue weighted by Gasteiger charge is -2.44. The summed E-state index contributed by atoms with van der Waals surface area (Å²) in [4.78, 5) is 56.0. The van der Waals surface area contributed by atoms with Gasteiger partial charge < -0.3 is 45.4 Å². The van der Waals surface area contributed by atoms with E-state index >= 15 is 0 Å². The van der Waals surface area contributed by atoms with Gasteiger partial charge in [0.25, 0.3) is 7.48 Å². The van der Waals surface area contributed by atoms with Crippen molar-refractivity contribution >= 4 is 67.0 Å². The van der Waals surface area contributed by atoms with Gasteiger partial charge in [0, 0.05) is 61.8 Å². The molecule has 6 N–H and O–H groups in total. The molecule has 714 valence electrons. The van der Waals surface area contributed by atoms with Gasteiger partial charge in [-0.3, -0.25) is 29.0 Å². The van der Waals surface area contributed by atoms with Crippen LogP contribution in [-0.4, -0.2) is 137 Å². The lowest BCUT2D eigenvalue weighted by Crippen LogP contribution is -2.52. The normalized spacial score (nSPS) is 21.5. The van der Waals surface area contributed by atoms with Gasteiger partial charge in [0.1, 0.15) is 29.1 Å². The fourth-order valence-corrected chi connectivity index (χ4v) is 19.6. The summed E-state index contributed by atoms with van der Waals surface area (Å²) < 4.78 is 82.0. The molecule has 4 fully saturated rings. The van der Waals surface area contributed by atoms with E-state index in [9.17, 15) is 51.3 Å². The van der Waals surface area contributed by atoms with Crippen LogP contribution in [0.1, 0.15) is 337 Å². The molecule has 3 amide bonds. The number of unbranched alkanes of at least 4 members (excludes halogenated alkanes) is 1. The number of hydrogen-bond donors (Lipinski definition) is 6. The molecule has 14 rings (SSSR count). The van der Waals surface area contributed by atoms with Crippen LogP contribution >= 0.6 is 28.3 Å². The van der Waals surface area contributed by atoms with Gasteiger partial charge in [0.05, 0.1) is 28.5 Å². The topological polar surface area (TPSA) is 191 Å². The maximum atomic E-state index is 14.0. The summed E-state index contributed by atoms with van der Waals surface area (Å²) in [6.07, 6.45) is 25.8. The van der Waals surface area contributed by atoms with Gasteiger partial charge in [0.2, 0.25) is 17.7 Å². The highest BCUT2D eigenvalue weighted by atomic mass is 79.9. The zero-order valence-corrected chi connectivity index (χ0v) is 83.9. The molecule has 4 heterocycles. The molecule has 9 aliphatic rings. The third kappa shape index (κ3) is 31.0. The van der Waals surface area contributed by atoms with Crippen LogP contribution in [0.2, 0.25) is 6.32 Å². The summed E-state index contributed by atoms with van der Waals surface area (Å²) in [5.74, 6) is 0.727. The van der Waals surface area contributed by atoms with Crippen molar-refractivity contribution in [3.8, 4) is 0 Å². The molecule has 129 heavy (non-hydrogen) atoms. The first-order chi connectivity index (χ1) is 59.7. The Hall–Kier alpha value is -6.11. The Bertz CT molecular complexity index is 4430. The molecule has 0 spiro atoms. The molecule has 7 unspecified atom stereocenters. The molecule has 15 nitrogen and oxygen atoms in total. The Balaban J connectivity index is 0.000000220. The number of nitrogens with zero attached hydrogens (tertiary/aromatic N) is 2. The minimum absolute atomic E-state index is 0. The van der Waals surface area contributed by atoms with Crippen LogP contribution in [0.15, 0.2) is 116 Å². The lowest BCUT2D eigenvalue weighted by molar-refractivity contribution is -0.137. The van der Waals surface area contributed by atoms with Gasteiger partial charge in [-0.2, -0.15) is 0 Å². The smallest absolute Gasteiger partial charge is 0.433 e. The summed E-state index contributed by atoms with van der Waals surface area (Å²) in [5, 5.41) is 32.7. The maximum Gasteiger partial charge on any atom is 0.488 e. The van der Waals surface area contributed by atoms with Gasteiger partial charge in [0.15, 0.2) is 5.78 Å². The van der Waals surface area contributed by atoms with Crippen molar-refractivity contribution in [3.05, 3.63) is 201 Å². The summed E-state index contributed by atoms with van der Waals surface area (Å²) in [5.41, 5.74) is 6.98. The Morgan fingerprint density at radius 1 is 0.504 bits per heavy atom. The first-order valence-corrected chi connectivity index (χ1v) is 48.2. The number of benzene rings is 5. The highest BCUT2D eigenvalue weighted by Crippen LogP contribution is 2.48. The molecule has 7 atom stereocenters. The predicted molar refractivity (Wildman–Crippen MR) is 520 cm³/mol. The van der Waals surface area contributed by atoms with E-state index in [0.29, 0.717) is 46.6 Å². The van der Waals surface area contributed by atoms with Crippen LogP contribution in [-0.2, 0) is 60.5 Å². The molecule has 0 aromatic heterocycles. The van der Waals surface area contributed by atoms with E-state index in [1.807, 2.05) is 142 Å². The Kier molecular flexibility index (Phi) is 40.4. The zero-order valence-electron chi connectivity index (χ0n) is 81.5. The monoisotopic (exact) mass is 1880 g/mol. The van der Waals surface area contributed by atoms with Crippen molar-refractivity contribution in [2.75, 3.05) is 39.3 Å². The molecule has 5 aromatic rings. The minimum atomic E-state index is -0.934. The standard InChI is InChI=1S/C31H51BFN2O3.C25H37FN2O.C16H30N2O.C9H8BrF.C9H9FO.C9H7FO.C6H12BO2.ClH/c1-28(2,3)34-27(36)31(8,17-9-10-18-32-38-30(6,7)29(4,5)37)23-15-19-35(20-16-23)26-14-12-22-11-13-24(33)21-25(22)26;1-6-7-14-25(5,23(29)27-24(2,3)4)19-12-15-28(16-13-19)22-11-9-18-8-10-20(26)17-21(18)22;1-6-7-10-16(5,13-8-11-17-12-9-13)14(19)18-15(2,3)4;10-9-4-2-6-1-3-7(11)5-8(6)9;2*10-7-3-1-6-2-4-9(11)8(6)5-7;1-5(2)6(3,4)9-7-8-5;/h11,13,21,23,26,37H,9-10,12,14-20H2,1-8H3,(H,34,36);6,8,10,17,19,22H,1,7,9,11-16H2,2-5H3,(H,27,29);6,13,17H,1,7-12H2,2-5H3,(H,18,19);1,3,5,9H,2,4H2;1,3,5,9,11H,2,4H2;1,3,5H,2,4H2;1-4H3;1H. The summed E-state index contributed by atoms with van der Waals surface area (Å²) in [6, 6.07) is 25.2. The number of allylic oxidation sites excluding steroid dienone is 2. The van der Waals surface area contributed by atoms with Gasteiger partial charge in [-0.1, -0.05) is 98.3 Å². The number of amides is 3. The van der Waals surface area contributed by atoms with Gasteiger partial charge in [-0.05, 0) is 414 Å². The second-order valence-corrected chi connectivity index (χ2v) is 44.0. The molecule has 0 bridgehead atoms. The number of likely N-dealkylation sites (tertiary alicyclic amines) is 2. The number of hydrogen-bond acceptors (Lipinski definition) is 12. The second kappa shape index (κ2) is 47.4. The molecular formula is C105H155B2BrClF5N6O9. The van der Waals surface area contributed by atoms with Crippen molar-refractivity contribution in [2.45, 2.75) is 355 Å². The molecule has 0 saturated carbocycles. The number of alkyl halides is 1. The Morgan fingerprint density at radius 2 is 0.860 bits per heavy atom. The summed E-state index contributed by atoms with van der Waals surface area (Å²) >= 11 is 3.50. The Labute approximate surface area is 787 Å². The fraction of sp³-hybridized carbons (Fsp3) is 0.638. The van der Waals surface area contributed by atoms with Gasteiger partial charge in [-0.15, -0.1) is 25.6 Å². The van der Waals surface area contributed by atoms with Crippen molar-refractivity contribution < 1.29 is 65.3 Å². The first kappa shape index (κ1) is 110. The molecule has 2 radical (unpaired) electrons. The number of carbonyl (C=O) groups is 4. The van der Waals surface area contributed by atoms with Crippen LogP contribution in [0.5, 0.6) is 0 Å². The van der Waals surface area contributed by atoms with Crippen LogP contribution in [0, 0.1) is 63.1 Å². The minimum Gasteiger partial charge on any atom is -0.433 e. The van der Waals surface area contributed by atoms with E-state index in [4.69, 9.17) is 14.0 Å². The van der Waals surface area contributed by atoms with Gasteiger partial charge in [-0.25, -0.2) is 22.0 Å². The SMILES string of the molecule is C=CCCC(C)(C(=O)NC(C)(C)C)C1CCN(C2CCc3ccc(F)cc32)CC1.C=CCCC(C)(C(=O)NC(C)(C)C)C1CCNCC1.CC(C)(C)NC(=O)C(C)(CCCC[B]OC(C)(C)C(C)(C)O)C1CCN(C2CCc3ccc(F)cc32)CC1.CC1(C)O[B]OC1(C)C.Cl.Fc1ccc2c(c1)C(Br)CC2.O=C1CCc2ccc(F)cc21.OC1CCc2ccc(F)cc21. The number of halogens is 7. The third-order valence-corrected chi connectivity index (χ3v) is 29.5. The van der Waals surface area contributed by atoms with Crippen molar-refractivity contribution in [3.63, 3.8) is 0 Å². The number of ketones is 1. The average molecular weight is 1880 g/mol. The zero-order chi connectivity index (χ0) is 94.8. The molecule has 24 heteroatoms. The van der Waals surface area contributed by atoms with E-state index in [2.05, 4.69) is 80.9 Å². The largest absolute Gasteiger partial charge is 0.488 e. The number of carbonyl (C=O) groups excluding carboxylic acids is 4. The fourth-order valence-electron chi connectivity index (χ4n) is 18.9. The number of piperidine rings is 3. The number of nitrogens with one attached hydrogen (secondary N) is 4. The van der Waals surface area contributed by atoms with E-state index in [0.717, 1.165) is 215 Å². The second-order valence-electron chi connectivity index (χ2n) is 42.9. The highest BCUT2D eigenvalue weighted by molar-refractivity contribution is 9.09. The van der Waals surface area contributed by atoms with E-state index in [-0.39, 0.29) is 104 Å². The number of aryl methyl sites for hydroxylation is 5. The number of fused-ring (bicyclic) bond motifs is 5. The highest BCUT2D eigenvalue weighted by Gasteiger charge is 2.49. The van der Waals surface area contributed by atoms with E-state index in [1.165, 1.54) is 60.3 Å². The number of rotatable bonds is 22. The van der Waals surface area contributed by atoms with Crippen LogP contribution in [0.4, 0.5) is 22.0 Å². The lowest BCUT2D eigenvalue weighted by atomic mass is 9.68. The van der Waals surface area contributed by atoms with Crippen LogP contribution in [0.25, 0.3) is 0 Å². The quantitative estimate of drug-likeness (QED) is 0.0127. The predicted octanol–water partition coefficient (Wildman–Crippen LogP) is 23.0. The van der Waals surface area contributed by atoms with Crippen LogP contribution in [0.3, 0.4) is 0 Å². The average Bonchev–Trinajstić information content (AvgIpc) is 1.74.